The number of rotatable bonds is 0. The fourth-order valence-electron chi connectivity index (χ4n) is 2.30. The van der Waals surface area contributed by atoms with Gasteiger partial charge in [-0.25, -0.2) is 4.79 Å². The quantitative estimate of drug-likeness (QED) is 0.581. The highest BCUT2D eigenvalue weighted by atomic mass is 16.4. The molecule has 2 rings (SSSR count). The van der Waals surface area contributed by atoms with Crippen molar-refractivity contribution >= 4 is 11.9 Å². The molecular weight excluding hydrogens is 158 g/mol. The molecule has 1 aliphatic carbocycles. The van der Waals surface area contributed by atoms with E-state index in [1.165, 1.54) is 4.90 Å². The van der Waals surface area contributed by atoms with E-state index in [-0.39, 0.29) is 17.7 Å². The van der Waals surface area contributed by atoms with E-state index < -0.39 is 6.09 Å². The summed E-state index contributed by atoms with van der Waals surface area (Å²) < 4.78 is 0. The number of hydrogen-bond acceptors (Lipinski definition) is 2. The van der Waals surface area contributed by atoms with E-state index >= 15 is 0 Å². The molecule has 0 radical (unpaired) electrons. The fraction of sp³-hybridized carbons (Fsp3) is 0.750. The third-order valence-electron chi connectivity index (χ3n) is 2.89. The maximum atomic E-state index is 11.2. The Bertz CT molecular complexity index is 238. The molecular formula is C8H11NO3. The summed E-state index contributed by atoms with van der Waals surface area (Å²) in [4.78, 5) is 23.3. The highest BCUT2D eigenvalue weighted by Gasteiger charge is 2.44. The molecule has 1 amide bonds. The first-order valence-corrected chi connectivity index (χ1v) is 4.22. The van der Waals surface area contributed by atoms with Gasteiger partial charge >= 0.3 is 6.09 Å². The molecule has 1 saturated heterocycles. The molecule has 0 bridgehead atoms. The summed E-state index contributed by atoms with van der Waals surface area (Å²) in [6.07, 6.45) is 1.15. The zero-order valence-electron chi connectivity index (χ0n) is 6.69. The average molecular weight is 169 g/mol. The molecule has 12 heavy (non-hydrogen) atoms. The van der Waals surface area contributed by atoms with Crippen LogP contribution in [0, 0.1) is 5.92 Å². The minimum Gasteiger partial charge on any atom is -0.465 e. The number of fused-ring (bicyclic) bond motifs is 1. The van der Waals surface area contributed by atoms with Gasteiger partial charge in [0.05, 0.1) is 0 Å². The summed E-state index contributed by atoms with van der Waals surface area (Å²) in [6, 6.07) is -0.00463. The zero-order valence-corrected chi connectivity index (χ0v) is 6.69. The number of likely N-dealkylation sites (tertiary alicyclic amines) is 1. The van der Waals surface area contributed by atoms with E-state index in [4.69, 9.17) is 5.11 Å². The number of amides is 1. The van der Waals surface area contributed by atoms with Crippen molar-refractivity contribution in [1.82, 2.24) is 4.90 Å². The van der Waals surface area contributed by atoms with Crippen molar-refractivity contribution in [3.8, 4) is 0 Å². The Morgan fingerprint density at radius 3 is 2.92 bits per heavy atom. The lowest BCUT2D eigenvalue weighted by atomic mass is 10.0. The monoisotopic (exact) mass is 169 g/mol. The number of hydrogen-bond donors (Lipinski definition) is 1. The number of carboxylic acid groups (broad SMARTS) is 1. The van der Waals surface area contributed by atoms with Gasteiger partial charge in [0.1, 0.15) is 5.78 Å². The molecule has 2 atom stereocenters. The molecule has 0 aromatic heterocycles. The van der Waals surface area contributed by atoms with E-state index in [1.54, 1.807) is 0 Å². The predicted molar refractivity (Wildman–Crippen MR) is 40.9 cm³/mol. The van der Waals surface area contributed by atoms with Gasteiger partial charge in [0.25, 0.3) is 0 Å². The SMILES string of the molecule is O=C1CCC2C1CCN2C(=O)O. The van der Waals surface area contributed by atoms with E-state index in [2.05, 4.69) is 0 Å². The van der Waals surface area contributed by atoms with Gasteiger partial charge in [0, 0.05) is 24.9 Å². The van der Waals surface area contributed by atoms with Crippen LogP contribution in [-0.4, -0.2) is 34.5 Å². The summed E-state index contributed by atoms with van der Waals surface area (Å²) >= 11 is 0. The summed E-state index contributed by atoms with van der Waals surface area (Å²) in [5.41, 5.74) is 0. The van der Waals surface area contributed by atoms with Crippen LogP contribution in [0.4, 0.5) is 4.79 Å². The Morgan fingerprint density at radius 1 is 1.50 bits per heavy atom. The third kappa shape index (κ3) is 0.906. The highest BCUT2D eigenvalue weighted by Crippen LogP contribution is 2.35. The maximum absolute atomic E-state index is 11.2. The Labute approximate surface area is 70.2 Å². The minimum atomic E-state index is -0.878. The smallest absolute Gasteiger partial charge is 0.407 e. The van der Waals surface area contributed by atoms with Gasteiger partial charge in [-0.05, 0) is 12.8 Å². The van der Waals surface area contributed by atoms with Crippen LogP contribution in [0.25, 0.3) is 0 Å². The summed E-state index contributed by atoms with van der Waals surface area (Å²) in [7, 11) is 0. The Morgan fingerprint density at radius 2 is 2.25 bits per heavy atom. The molecule has 4 nitrogen and oxygen atoms in total. The molecule has 4 heteroatoms. The van der Waals surface area contributed by atoms with E-state index in [0.29, 0.717) is 13.0 Å². The van der Waals surface area contributed by atoms with Crippen molar-refractivity contribution in [1.29, 1.82) is 0 Å². The standard InChI is InChI=1S/C8H11NO3/c10-7-2-1-6-5(7)3-4-9(6)8(11)12/h5-6H,1-4H2,(H,11,12). The topological polar surface area (TPSA) is 57.6 Å². The van der Waals surface area contributed by atoms with Crippen molar-refractivity contribution in [2.75, 3.05) is 6.54 Å². The van der Waals surface area contributed by atoms with Crippen molar-refractivity contribution in [3.63, 3.8) is 0 Å². The largest absolute Gasteiger partial charge is 0.465 e. The fourth-order valence-corrected chi connectivity index (χ4v) is 2.30. The lowest BCUT2D eigenvalue weighted by Gasteiger charge is -2.18. The van der Waals surface area contributed by atoms with Crippen LogP contribution < -0.4 is 0 Å². The van der Waals surface area contributed by atoms with Gasteiger partial charge in [-0.2, -0.15) is 0 Å². The number of carbonyl (C=O) groups excluding carboxylic acids is 1. The van der Waals surface area contributed by atoms with Gasteiger partial charge in [-0.15, -0.1) is 0 Å². The van der Waals surface area contributed by atoms with Crippen molar-refractivity contribution in [2.24, 2.45) is 5.92 Å². The van der Waals surface area contributed by atoms with Crippen LogP contribution >= 0.6 is 0 Å². The predicted octanol–water partition coefficient (Wildman–Crippen LogP) is 0.718. The molecule has 1 N–H and O–H groups in total. The molecule has 66 valence electrons. The molecule has 0 aromatic rings. The van der Waals surface area contributed by atoms with Crippen LogP contribution in [0.3, 0.4) is 0 Å². The molecule has 2 unspecified atom stereocenters. The van der Waals surface area contributed by atoms with Crippen molar-refractivity contribution in [2.45, 2.75) is 25.3 Å². The molecule has 0 aromatic carbocycles. The van der Waals surface area contributed by atoms with E-state index in [1.807, 2.05) is 0 Å². The van der Waals surface area contributed by atoms with Gasteiger partial charge in [0.15, 0.2) is 0 Å². The molecule has 1 aliphatic heterocycles. The second-order valence-electron chi connectivity index (χ2n) is 3.44. The number of Topliss-reactive ketones (excluding diaryl/α,β-unsaturated/α-hetero) is 1. The van der Waals surface area contributed by atoms with Gasteiger partial charge < -0.3 is 10.0 Å². The molecule has 1 saturated carbocycles. The Balaban J connectivity index is 2.15. The van der Waals surface area contributed by atoms with Crippen LogP contribution in [-0.2, 0) is 4.79 Å². The summed E-state index contributed by atoms with van der Waals surface area (Å²) in [5, 5.41) is 8.76. The lowest BCUT2D eigenvalue weighted by Crippen LogP contribution is -2.35. The van der Waals surface area contributed by atoms with E-state index in [0.717, 1.165) is 12.8 Å². The first-order chi connectivity index (χ1) is 5.70. The van der Waals surface area contributed by atoms with Gasteiger partial charge in [0.2, 0.25) is 0 Å². The molecule has 2 aliphatic rings. The lowest BCUT2D eigenvalue weighted by molar-refractivity contribution is -0.120. The number of ketones is 1. The summed E-state index contributed by atoms with van der Waals surface area (Å²) in [5.74, 6) is 0.268. The molecule has 2 fully saturated rings. The Hall–Kier alpha value is -1.06. The van der Waals surface area contributed by atoms with Crippen LogP contribution in [0.1, 0.15) is 19.3 Å². The minimum absolute atomic E-state index is 0.00463. The zero-order chi connectivity index (χ0) is 8.72. The molecule has 1 heterocycles. The first-order valence-electron chi connectivity index (χ1n) is 4.22. The van der Waals surface area contributed by atoms with Crippen LogP contribution in [0.5, 0.6) is 0 Å². The Kier molecular flexibility index (Phi) is 1.56. The molecule has 0 spiro atoms. The number of carbonyl (C=O) groups is 2. The average Bonchev–Trinajstić information content (AvgIpc) is 2.53. The number of nitrogens with zero attached hydrogens (tertiary/aromatic N) is 1. The van der Waals surface area contributed by atoms with E-state index in [9.17, 15) is 9.59 Å². The first kappa shape index (κ1) is 7.58. The summed E-state index contributed by atoms with van der Waals surface area (Å²) in [6.45, 7) is 0.538. The second-order valence-corrected chi connectivity index (χ2v) is 3.44. The van der Waals surface area contributed by atoms with Crippen molar-refractivity contribution < 1.29 is 14.7 Å². The van der Waals surface area contributed by atoms with Crippen molar-refractivity contribution in [3.05, 3.63) is 0 Å². The van der Waals surface area contributed by atoms with Crippen LogP contribution in [0.15, 0.2) is 0 Å². The normalized spacial score (nSPS) is 34.0. The third-order valence-corrected chi connectivity index (χ3v) is 2.89. The van der Waals surface area contributed by atoms with Gasteiger partial charge in [-0.3, -0.25) is 4.79 Å². The second kappa shape index (κ2) is 2.47. The maximum Gasteiger partial charge on any atom is 0.407 e. The van der Waals surface area contributed by atoms with Crippen LogP contribution in [0.2, 0.25) is 0 Å². The van der Waals surface area contributed by atoms with Gasteiger partial charge in [-0.1, -0.05) is 0 Å². The highest BCUT2D eigenvalue weighted by molar-refractivity contribution is 5.85.